The maximum absolute atomic E-state index is 5.59. The van der Waals surface area contributed by atoms with Crippen LogP contribution >= 0.6 is 27.3 Å². The van der Waals surface area contributed by atoms with Gasteiger partial charge in [-0.2, -0.15) is 0 Å². The van der Waals surface area contributed by atoms with Gasteiger partial charge in [-0.05, 0) is 39.5 Å². The van der Waals surface area contributed by atoms with Gasteiger partial charge in [-0.25, -0.2) is 9.97 Å². The maximum atomic E-state index is 5.59. The number of fused-ring (bicyclic) bond motifs is 1. The Morgan fingerprint density at radius 3 is 3.05 bits per heavy atom. The molecule has 0 amide bonds. The molecular formula is C16H14BrN3OS. The molecule has 4 nitrogen and oxygen atoms in total. The summed E-state index contributed by atoms with van der Waals surface area (Å²) in [5, 5.41) is 2.06. The van der Waals surface area contributed by atoms with Crippen molar-refractivity contribution < 1.29 is 4.42 Å². The normalized spacial score (nSPS) is 15.0. The van der Waals surface area contributed by atoms with E-state index in [1.807, 2.05) is 24.4 Å². The van der Waals surface area contributed by atoms with Crippen LogP contribution in [0.4, 0.5) is 0 Å². The zero-order valence-corrected chi connectivity index (χ0v) is 14.2. The summed E-state index contributed by atoms with van der Waals surface area (Å²) in [7, 11) is 0. The molecule has 4 heterocycles. The van der Waals surface area contributed by atoms with E-state index in [0.717, 1.165) is 47.2 Å². The van der Waals surface area contributed by atoms with E-state index in [4.69, 9.17) is 9.40 Å². The molecule has 0 saturated carbocycles. The summed E-state index contributed by atoms with van der Waals surface area (Å²) in [5.74, 6) is 1.82. The second-order valence-corrected chi connectivity index (χ2v) is 7.04. The van der Waals surface area contributed by atoms with Crippen LogP contribution in [0.15, 0.2) is 44.9 Å². The van der Waals surface area contributed by atoms with Gasteiger partial charge in [-0.1, -0.05) is 6.07 Å². The van der Waals surface area contributed by atoms with Gasteiger partial charge in [0, 0.05) is 31.3 Å². The number of hydrogen-bond donors (Lipinski definition) is 0. The monoisotopic (exact) mass is 375 g/mol. The summed E-state index contributed by atoms with van der Waals surface area (Å²) in [6.45, 7) is 2.68. The topological polar surface area (TPSA) is 42.2 Å². The molecule has 0 N–H and O–H groups in total. The van der Waals surface area contributed by atoms with Gasteiger partial charge in [0.05, 0.1) is 17.1 Å². The molecule has 112 valence electrons. The Kier molecular flexibility index (Phi) is 3.82. The average Bonchev–Trinajstić information content (AvgIpc) is 3.19. The van der Waals surface area contributed by atoms with E-state index in [-0.39, 0.29) is 0 Å². The van der Waals surface area contributed by atoms with Crippen LogP contribution < -0.4 is 0 Å². The minimum Gasteiger partial charge on any atom is -0.453 e. The number of aromatic nitrogens is 2. The second-order valence-electron chi connectivity index (χ2n) is 5.31. The highest BCUT2D eigenvalue weighted by atomic mass is 79.9. The van der Waals surface area contributed by atoms with E-state index in [1.165, 1.54) is 11.3 Å². The first kappa shape index (κ1) is 14.1. The van der Waals surface area contributed by atoms with Crippen molar-refractivity contribution in [2.75, 3.05) is 6.54 Å². The molecule has 22 heavy (non-hydrogen) atoms. The summed E-state index contributed by atoms with van der Waals surface area (Å²) in [4.78, 5) is 12.8. The predicted molar refractivity (Wildman–Crippen MR) is 89.6 cm³/mol. The molecule has 0 aromatic carbocycles. The van der Waals surface area contributed by atoms with Crippen molar-refractivity contribution in [2.24, 2.45) is 0 Å². The zero-order chi connectivity index (χ0) is 14.9. The fraction of sp³-hybridized carbons (Fsp3) is 0.250. The van der Waals surface area contributed by atoms with E-state index >= 15 is 0 Å². The van der Waals surface area contributed by atoms with E-state index in [0.29, 0.717) is 0 Å². The van der Waals surface area contributed by atoms with Crippen molar-refractivity contribution in [3.05, 3.63) is 57.5 Å². The molecule has 1 aliphatic rings. The van der Waals surface area contributed by atoms with E-state index in [9.17, 15) is 0 Å². The van der Waals surface area contributed by atoms with Crippen molar-refractivity contribution in [1.82, 2.24) is 14.9 Å². The van der Waals surface area contributed by atoms with E-state index in [1.54, 1.807) is 11.3 Å². The molecule has 6 heteroatoms. The summed E-state index contributed by atoms with van der Waals surface area (Å²) in [5.41, 5.74) is 2.40. The number of thiophene rings is 1. The molecular weight excluding hydrogens is 362 g/mol. The van der Waals surface area contributed by atoms with Crippen molar-refractivity contribution in [3.8, 4) is 10.7 Å². The molecule has 4 rings (SSSR count). The van der Waals surface area contributed by atoms with Crippen LogP contribution in [0.1, 0.15) is 17.0 Å². The lowest BCUT2D eigenvalue weighted by Gasteiger charge is -2.27. The van der Waals surface area contributed by atoms with Gasteiger partial charge in [-0.15, -0.1) is 11.3 Å². The molecule has 0 radical (unpaired) electrons. The number of halogens is 1. The summed E-state index contributed by atoms with van der Waals surface area (Å²) < 4.78 is 6.37. The number of rotatable bonds is 3. The molecule has 3 aromatic heterocycles. The van der Waals surface area contributed by atoms with Crippen molar-refractivity contribution in [2.45, 2.75) is 19.5 Å². The molecule has 0 atom stereocenters. The molecule has 0 spiro atoms. The van der Waals surface area contributed by atoms with E-state index in [2.05, 4.69) is 37.3 Å². The van der Waals surface area contributed by atoms with Gasteiger partial charge < -0.3 is 4.42 Å². The molecule has 0 fully saturated rings. The Balaban J connectivity index is 1.52. The van der Waals surface area contributed by atoms with Crippen LogP contribution in [0.3, 0.4) is 0 Å². The number of hydrogen-bond acceptors (Lipinski definition) is 5. The van der Waals surface area contributed by atoms with Crippen molar-refractivity contribution >= 4 is 27.3 Å². The third-order valence-electron chi connectivity index (χ3n) is 3.76. The largest absolute Gasteiger partial charge is 0.453 e. The minimum atomic E-state index is 0.781. The quantitative estimate of drug-likeness (QED) is 0.690. The van der Waals surface area contributed by atoms with Crippen LogP contribution in [0.5, 0.6) is 0 Å². The fourth-order valence-electron chi connectivity index (χ4n) is 2.69. The first-order chi connectivity index (χ1) is 10.8. The van der Waals surface area contributed by atoms with Gasteiger partial charge in [0.15, 0.2) is 10.5 Å². The molecule has 3 aromatic rings. The Labute approximate surface area is 141 Å². The minimum absolute atomic E-state index is 0.781. The second kappa shape index (κ2) is 5.95. The lowest BCUT2D eigenvalue weighted by molar-refractivity contribution is 0.222. The van der Waals surface area contributed by atoms with Crippen molar-refractivity contribution in [1.29, 1.82) is 0 Å². The van der Waals surface area contributed by atoms with Crippen molar-refractivity contribution in [3.63, 3.8) is 0 Å². The lowest BCUT2D eigenvalue weighted by atomic mass is 10.1. The van der Waals surface area contributed by atoms with Gasteiger partial charge >= 0.3 is 0 Å². The predicted octanol–water partition coefficient (Wildman–Crippen LogP) is 4.12. The smallest absolute Gasteiger partial charge is 0.169 e. The van der Waals surface area contributed by atoms with Crippen LogP contribution in [-0.2, 0) is 19.5 Å². The highest BCUT2D eigenvalue weighted by Crippen LogP contribution is 2.25. The first-order valence-corrected chi connectivity index (χ1v) is 8.80. The van der Waals surface area contributed by atoms with Gasteiger partial charge in [-0.3, -0.25) is 4.90 Å². The molecule has 0 unspecified atom stereocenters. The lowest BCUT2D eigenvalue weighted by Crippen LogP contribution is -2.30. The van der Waals surface area contributed by atoms with Gasteiger partial charge in [0.1, 0.15) is 5.76 Å². The fourth-order valence-corrected chi connectivity index (χ4v) is 3.70. The summed E-state index contributed by atoms with van der Waals surface area (Å²) in [6, 6.07) is 8.04. The average molecular weight is 376 g/mol. The first-order valence-electron chi connectivity index (χ1n) is 7.13. The van der Waals surface area contributed by atoms with Gasteiger partial charge in [0.25, 0.3) is 0 Å². The Morgan fingerprint density at radius 1 is 1.32 bits per heavy atom. The number of nitrogens with zero attached hydrogens (tertiary/aromatic N) is 3. The SMILES string of the molecule is Brc1ccc(CN2CCc3nc(-c4cccs4)ncc3C2)o1. The molecule has 0 saturated heterocycles. The zero-order valence-electron chi connectivity index (χ0n) is 11.8. The standard InChI is InChI=1S/C16H14BrN3OS/c17-15-4-3-12(21-15)10-20-6-5-13-11(9-20)8-18-16(19-13)14-2-1-7-22-14/h1-4,7-8H,5-6,9-10H2. The highest BCUT2D eigenvalue weighted by Gasteiger charge is 2.20. The summed E-state index contributed by atoms with van der Waals surface area (Å²) in [6.07, 6.45) is 2.93. The van der Waals surface area contributed by atoms with Gasteiger partial charge in [0.2, 0.25) is 0 Å². The van der Waals surface area contributed by atoms with Crippen LogP contribution in [0.2, 0.25) is 0 Å². The highest BCUT2D eigenvalue weighted by molar-refractivity contribution is 9.10. The Hall–Kier alpha value is -1.50. The Bertz CT molecular complexity index is 785. The third kappa shape index (κ3) is 2.86. The van der Waals surface area contributed by atoms with Crippen LogP contribution in [-0.4, -0.2) is 21.4 Å². The van der Waals surface area contributed by atoms with Crippen LogP contribution in [0, 0.1) is 0 Å². The number of furan rings is 1. The molecule has 1 aliphatic heterocycles. The molecule has 0 aliphatic carbocycles. The molecule has 0 bridgehead atoms. The summed E-state index contributed by atoms with van der Waals surface area (Å²) >= 11 is 5.02. The third-order valence-corrected chi connectivity index (χ3v) is 5.05. The maximum Gasteiger partial charge on any atom is 0.169 e. The van der Waals surface area contributed by atoms with Crippen LogP contribution in [0.25, 0.3) is 10.7 Å². The Morgan fingerprint density at radius 2 is 2.27 bits per heavy atom. The van der Waals surface area contributed by atoms with E-state index < -0.39 is 0 Å².